The topological polar surface area (TPSA) is 113 Å². The minimum atomic E-state index is -3.65. The number of hydrogen-bond acceptors (Lipinski definition) is 5. The van der Waals surface area contributed by atoms with Crippen LogP contribution >= 0.6 is 0 Å². The Balaban J connectivity index is 1.43. The minimum Gasteiger partial charge on any atom is -0.322 e. The van der Waals surface area contributed by atoms with E-state index in [0.29, 0.717) is 29.8 Å². The summed E-state index contributed by atoms with van der Waals surface area (Å²) in [5.41, 5.74) is 1.20. The van der Waals surface area contributed by atoms with E-state index in [4.69, 9.17) is 0 Å². The van der Waals surface area contributed by atoms with E-state index in [1.165, 1.54) is 35.2 Å². The number of nitrogens with one attached hydrogen (secondary N) is 2. The third-order valence-electron chi connectivity index (χ3n) is 5.74. The van der Waals surface area contributed by atoms with Gasteiger partial charge in [-0.15, -0.1) is 6.58 Å². The molecule has 1 aliphatic heterocycles. The number of anilines is 2. The van der Waals surface area contributed by atoms with Crippen LogP contribution in [0.15, 0.2) is 78.2 Å². The standard InChI is InChI=1S/C24H23N3O5S/c1-2-15-25-33(31,32)19-13-9-17(10-14-19)26-22(28)16-7-11-18(12-8-16)27-23(29)20-5-3-4-6-21(20)24(27)30/h2-4,7-14,20-21,25H,1,5-6,15H2,(H,26,28). The van der Waals surface area contributed by atoms with E-state index in [1.807, 2.05) is 12.2 Å². The quantitative estimate of drug-likeness (QED) is 0.482. The molecule has 9 heteroatoms. The third-order valence-corrected chi connectivity index (χ3v) is 7.17. The van der Waals surface area contributed by atoms with Crippen molar-refractivity contribution < 1.29 is 22.8 Å². The van der Waals surface area contributed by atoms with Crippen LogP contribution < -0.4 is 14.9 Å². The van der Waals surface area contributed by atoms with Gasteiger partial charge < -0.3 is 5.32 Å². The van der Waals surface area contributed by atoms with E-state index in [9.17, 15) is 22.8 Å². The van der Waals surface area contributed by atoms with Crippen LogP contribution in [-0.2, 0) is 19.6 Å². The molecular formula is C24H23N3O5S. The second kappa shape index (κ2) is 9.13. The zero-order chi connectivity index (χ0) is 23.6. The lowest BCUT2D eigenvalue weighted by molar-refractivity contribution is -0.122. The van der Waals surface area contributed by atoms with Crippen molar-refractivity contribution in [2.24, 2.45) is 11.8 Å². The van der Waals surface area contributed by atoms with Crippen LogP contribution in [0.3, 0.4) is 0 Å². The van der Waals surface area contributed by atoms with E-state index in [-0.39, 0.29) is 35.1 Å². The molecule has 1 fully saturated rings. The van der Waals surface area contributed by atoms with Gasteiger partial charge >= 0.3 is 0 Å². The Morgan fingerprint density at radius 2 is 1.55 bits per heavy atom. The smallest absolute Gasteiger partial charge is 0.255 e. The molecule has 0 aromatic heterocycles. The molecule has 1 saturated heterocycles. The first-order valence-electron chi connectivity index (χ1n) is 10.5. The number of benzene rings is 2. The number of carbonyl (C=O) groups is 3. The molecule has 2 aromatic rings. The molecule has 4 rings (SSSR count). The predicted molar refractivity (Wildman–Crippen MR) is 124 cm³/mol. The maximum Gasteiger partial charge on any atom is 0.255 e. The van der Waals surface area contributed by atoms with Gasteiger partial charge in [0.1, 0.15) is 0 Å². The predicted octanol–water partition coefficient (Wildman–Crippen LogP) is 2.86. The van der Waals surface area contributed by atoms with Crippen molar-refractivity contribution in [3.8, 4) is 0 Å². The van der Waals surface area contributed by atoms with Gasteiger partial charge in [-0.25, -0.2) is 13.1 Å². The molecule has 2 unspecified atom stereocenters. The van der Waals surface area contributed by atoms with Gasteiger partial charge in [0.15, 0.2) is 0 Å². The molecular weight excluding hydrogens is 442 g/mol. The number of sulfonamides is 1. The zero-order valence-electron chi connectivity index (χ0n) is 17.7. The van der Waals surface area contributed by atoms with Crippen molar-refractivity contribution in [3.63, 3.8) is 0 Å². The molecule has 1 aliphatic carbocycles. The van der Waals surface area contributed by atoms with Crippen molar-refractivity contribution in [1.29, 1.82) is 0 Å². The first-order chi connectivity index (χ1) is 15.8. The van der Waals surface area contributed by atoms with Crippen molar-refractivity contribution in [2.75, 3.05) is 16.8 Å². The van der Waals surface area contributed by atoms with Crippen molar-refractivity contribution in [3.05, 3.63) is 78.9 Å². The van der Waals surface area contributed by atoms with Crippen LogP contribution in [0.1, 0.15) is 23.2 Å². The summed E-state index contributed by atoms with van der Waals surface area (Å²) >= 11 is 0. The Labute approximate surface area is 192 Å². The summed E-state index contributed by atoms with van der Waals surface area (Å²) in [6.45, 7) is 3.59. The van der Waals surface area contributed by atoms with Crippen LogP contribution in [-0.4, -0.2) is 32.7 Å². The molecule has 0 saturated carbocycles. The molecule has 33 heavy (non-hydrogen) atoms. The number of hydrogen-bond donors (Lipinski definition) is 2. The maximum atomic E-state index is 12.7. The molecule has 3 amide bonds. The van der Waals surface area contributed by atoms with Crippen LogP contribution in [0, 0.1) is 11.8 Å². The Hall–Kier alpha value is -3.56. The Morgan fingerprint density at radius 3 is 2.09 bits per heavy atom. The molecule has 2 atom stereocenters. The Kier molecular flexibility index (Phi) is 6.26. The lowest BCUT2D eigenvalue weighted by Crippen LogP contribution is -2.30. The maximum absolute atomic E-state index is 12.7. The zero-order valence-corrected chi connectivity index (χ0v) is 18.5. The second-order valence-corrected chi connectivity index (χ2v) is 9.60. The SMILES string of the molecule is C=CCNS(=O)(=O)c1ccc(NC(=O)c2ccc(N3C(=O)C4CC=CCC4C3=O)cc2)cc1. The van der Waals surface area contributed by atoms with E-state index >= 15 is 0 Å². The number of amides is 3. The van der Waals surface area contributed by atoms with Crippen LogP contribution in [0.2, 0.25) is 0 Å². The normalized spacial score (nSPS) is 19.9. The first kappa shape index (κ1) is 22.6. The fraction of sp³-hybridized carbons (Fsp3) is 0.208. The van der Waals surface area contributed by atoms with E-state index in [0.717, 1.165) is 0 Å². The highest BCUT2D eigenvalue weighted by Crippen LogP contribution is 2.37. The van der Waals surface area contributed by atoms with Gasteiger partial charge in [0.05, 0.1) is 22.4 Å². The second-order valence-electron chi connectivity index (χ2n) is 7.83. The average Bonchev–Trinajstić information content (AvgIpc) is 3.08. The van der Waals surface area contributed by atoms with E-state index in [1.54, 1.807) is 24.3 Å². The summed E-state index contributed by atoms with van der Waals surface area (Å²) in [5.74, 6) is -1.44. The lowest BCUT2D eigenvalue weighted by Gasteiger charge is -2.15. The molecule has 2 N–H and O–H groups in total. The van der Waals surface area contributed by atoms with Gasteiger partial charge in [-0.2, -0.15) is 0 Å². The van der Waals surface area contributed by atoms with E-state index < -0.39 is 15.9 Å². The Bertz CT molecular complexity index is 1210. The van der Waals surface area contributed by atoms with Gasteiger partial charge in [0.2, 0.25) is 21.8 Å². The highest BCUT2D eigenvalue weighted by molar-refractivity contribution is 7.89. The molecule has 0 bridgehead atoms. The summed E-state index contributed by atoms with van der Waals surface area (Å²) in [6.07, 6.45) is 6.44. The largest absolute Gasteiger partial charge is 0.322 e. The van der Waals surface area contributed by atoms with Crippen LogP contribution in [0.25, 0.3) is 0 Å². The molecule has 0 spiro atoms. The van der Waals surface area contributed by atoms with Crippen LogP contribution in [0.5, 0.6) is 0 Å². The highest BCUT2D eigenvalue weighted by Gasteiger charge is 2.47. The fourth-order valence-electron chi connectivity index (χ4n) is 3.99. The van der Waals surface area contributed by atoms with Crippen molar-refractivity contribution in [2.45, 2.75) is 17.7 Å². The highest BCUT2D eigenvalue weighted by atomic mass is 32.2. The fourth-order valence-corrected chi connectivity index (χ4v) is 4.99. The minimum absolute atomic E-state index is 0.0717. The summed E-state index contributed by atoms with van der Waals surface area (Å²) in [5, 5.41) is 2.70. The number of allylic oxidation sites excluding steroid dienone is 2. The number of nitrogens with zero attached hydrogens (tertiary/aromatic N) is 1. The van der Waals surface area contributed by atoms with Gasteiger partial charge in [-0.1, -0.05) is 18.2 Å². The number of rotatable bonds is 7. The average molecular weight is 466 g/mol. The molecule has 1 heterocycles. The summed E-state index contributed by atoms with van der Waals surface area (Å²) in [7, 11) is -3.65. The van der Waals surface area contributed by atoms with Gasteiger partial charge in [-0.3, -0.25) is 19.3 Å². The number of imide groups is 1. The van der Waals surface area contributed by atoms with Gasteiger partial charge in [-0.05, 0) is 61.4 Å². The summed E-state index contributed by atoms with van der Waals surface area (Å²) < 4.78 is 26.6. The number of fused-ring (bicyclic) bond motifs is 1. The number of carbonyl (C=O) groups excluding carboxylic acids is 3. The molecule has 2 aromatic carbocycles. The van der Waals surface area contributed by atoms with Gasteiger partial charge in [0, 0.05) is 17.8 Å². The first-order valence-corrected chi connectivity index (χ1v) is 11.9. The molecule has 8 nitrogen and oxygen atoms in total. The van der Waals surface area contributed by atoms with Gasteiger partial charge in [0.25, 0.3) is 5.91 Å². The molecule has 2 aliphatic rings. The van der Waals surface area contributed by atoms with Crippen molar-refractivity contribution >= 4 is 39.1 Å². The van der Waals surface area contributed by atoms with E-state index in [2.05, 4.69) is 16.6 Å². The van der Waals surface area contributed by atoms with Crippen molar-refractivity contribution in [1.82, 2.24) is 4.72 Å². The summed E-state index contributed by atoms with van der Waals surface area (Å²) in [4.78, 5) is 39.3. The van der Waals surface area contributed by atoms with Crippen LogP contribution in [0.4, 0.5) is 11.4 Å². The summed E-state index contributed by atoms with van der Waals surface area (Å²) in [6, 6.07) is 12.0. The molecule has 0 radical (unpaired) electrons. The molecule has 170 valence electrons. The lowest BCUT2D eigenvalue weighted by atomic mass is 9.85. The Morgan fingerprint density at radius 1 is 0.970 bits per heavy atom. The monoisotopic (exact) mass is 465 g/mol. The third kappa shape index (κ3) is 4.50.